The molecule has 0 bridgehead atoms. The number of hydrogen-bond acceptors (Lipinski definition) is 2. The first-order valence-corrected chi connectivity index (χ1v) is 5.06. The molecular weight excluding hydrogens is 238 g/mol. The molecule has 2 atom stereocenters. The van der Waals surface area contributed by atoms with E-state index in [2.05, 4.69) is 5.32 Å². The second-order valence-electron chi connectivity index (χ2n) is 3.70. The van der Waals surface area contributed by atoms with Gasteiger partial charge in [0, 0.05) is 24.2 Å². The minimum atomic E-state index is -2.85. The molecule has 1 aromatic carbocycles. The van der Waals surface area contributed by atoms with E-state index in [1.807, 2.05) is 0 Å². The number of aliphatic hydroxyl groups excluding tert-OH is 1. The second-order valence-corrected chi connectivity index (χ2v) is 3.70. The molecule has 0 aliphatic heterocycles. The number of nitrogens with one attached hydrogen (secondary N) is 1. The van der Waals surface area contributed by atoms with Crippen LogP contribution in [0.5, 0.6) is 0 Å². The molecule has 1 rings (SSSR count). The summed E-state index contributed by atoms with van der Waals surface area (Å²) in [5.41, 5.74) is 0.160. The largest absolute Gasteiger partial charge is 0.386 e. The highest BCUT2D eigenvalue weighted by Crippen LogP contribution is 2.17. The van der Waals surface area contributed by atoms with E-state index in [-0.39, 0.29) is 12.1 Å². The Bertz CT molecular complexity index is 372. The van der Waals surface area contributed by atoms with Crippen molar-refractivity contribution in [2.45, 2.75) is 25.5 Å². The Balaban J connectivity index is 2.61. The van der Waals surface area contributed by atoms with Crippen molar-refractivity contribution < 1.29 is 22.7 Å². The zero-order chi connectivity index (χ0) is 13.0. The normalized spacial score (nSPS) is 15.0. The van der Waals surface area contributed by atoms with Crippen LogP contribution in [0, 0.1) is 11.6 Å². The van der Waals surface area contributed by atoms with E-state index in [1.54, 1.807) is 0 Å². The number of halogens is 4. The van der Waals surface area contributed by atoms with Crippen molar-refractivity contribution in [2.24, 2.45) is 0 Å². The van der Waals surface area contributed by atoms with Gasteiger partial charge in [0.25, 0.3) is 6.43 Å². The lowest BCUT2D eigenvalue weighted by molar-refractivity contribution is -0.00443. The van der Waals surface area contributed by atoms with Gasteiger partial charge in [0.05, 0.1) is 0 Å². The van der Waals surface area contributed by atoms with Crippen LogP contribution in [0.2, 0.25) is 0 Å². The molecule has 0 fully saturated rings. The predicted molar refractivity (Wildman–Crippen MR) is 54.8 cm³/mol. The van der Waals surface area contributed by atoms with Gasteiger partial charge >= 0.3 is 0 Å². The van der Waals surface area contributed by atoms with Crippen LogP contribution in [0.25, 0.3) is 0 Å². The molecule has 2 nitrogen and oxygen atoms in total. The van der Waals surface area contributed by atoms with E-state index in [9.17, 15) is 17.6 Å². The fraction of sp³-hybridized carbons (Fsp3) is 0.455. The SMILES string of the molecule is CC(NCC(O)C(F)F)c1ccc(F)cc1F. The van der Waals surface area contributed by atoms with Gasteiger partial charge in [0.15, 0.2) is 0 Å². The zero-order valence-corrected chi connectivity index (χ0v) is 9.13. The number of alkyl halides is 2. The van der Waals surface area contributed by atoms with E-state index < -0.39 is 30.2 Å². The third kappa shape index (κ3) is 3.98. The fourth-order valence-corrected chi connectivity index (χ4v) is 1.35. The molecule has 0 saturated heterocycles. The summed E-state index contributed by atoms with van der Waals surface area (Å²) in [6.07, 6.45) is -4.66. The molecule has 2 unspecified atom stereocenters. The maximum atomic E-state index is 13.3. The summed E-state index contributed by atoms with van der Waals surface area (Å²) >= 11 is 0. The van der Waals surface area contributed by atoms with Gasteiger partial charge in [-0.2, -0.15) is 0 Å². The molecule has 0 aliphatic rings. The van der Waals surface area contributed by atoms with Gasteiger partial charge in [-0.3, -0.25) is 0 Å². The third-order valence-electron chi connectivity index (χ3n) is 2.35. The van der Waals surface area contributed by atoms with Gasteiger partial charge in [-0.15, -0.1) is 0 Å². The first-order chi connectivity index (χ1) is 7.91. The average molecular weight is 251 g/mol. The van der Waals surface area contributed by atoms with Gasteiger partial charge in [0.2, 0.25) is 0 Å². The summed E-state index contributed by atoms with van der Waals surface area (Å²) in [4.78, 5) is 0. The Morgan fingerprint density at radius 1 is 1.29 bits per heavy atom. The lowest BCUT2D eigenvalue weighted by Crippen LogP contribution is -2.33. The molecule has 0 aromatic heterocycles. The van der Waals surface area contributed by atoms with Crippen LogP contribution < -0.4 is 5.32 Å². The summed E-state index contributed by atoms with van der Waals surface area (Å²) < 4.78 is 49.9. The molecule has 1 aromatic rings. The van der Waals surface area contributed by atoms with E-state index in [1.165, 1.54) is 13.0 Å². The topological polar surface area (TPSA) is 32.3 Å². The first-order valence-electron chi connectivity index (χ1n) is 5.06. The van der Waals surface area contributed by atoms with Crippen molar-refractivity contribution in [1.82, 2.24) is 5.32 Å². The Morgan fingerprint density at radius 3 is 2.47 bits per heavy atom. The lowest BCUT2D eigenvalue weighted by Gasteiger charge is -2.17. The second kappa shape index (κ2) is 5.97. The van der Waals surface area contributed by atoms with E-state index in [4.69, 9.17) is 5.11 Å². The number of hydrogen-bond donors (Lipinski definition) is 2. The maximum absolute atomic E-state index is 13.3. The summed E-state index contributed by atoms with van der Waals surface area (Å²) in [5.74, 6) is -1.46. The smallest absolute Gasteiger partial charge is 0.265 e. The van der Waals surface area contributed by atoms with Crippen LogP contribution in [0.3, 0.4) is 0 Å². The van der Waals surface area contributed by atoms with Crippen molar-refractivity contribution in [3.63, 3.8) is 0 Å². The van der Waals surface area contributed by atoms with Crippen LogP contribution in [-0.4, -0.2) is 24.2 Å². The molecule has 0 amide bonds. The van der Waals surface area contributed by atoms with Crippen molar-refractivity contribution in [1.29, 1.82) is 0 Å². The number of aliphatic hydroxyl groups is 1. The van der Waals surface area contributed by atoms with Gasteiger partial charge in [-0.05, 0) is 13.0 Å². The van der Waals surface area contributed by atoms with Crippen molar-refractivity contribution in [3.8, 4) is 0 Å². The molecule has 0 heterocycles. The number of benzene rings is 1. The molecule has 0 saturated carbocycles. The molecule has 96 valence electrons. The van der Waals surface area contributed by atoms with Gasteiger partial charge in [-0.25, -0.2) is 17.6 Å². The number of rotatable bonds is 5. The maximum Gasteiger partial charge on any atom is 0.265 e. The summed E-state index contributed by atoms with van der Waals surface area (Å²) in [6, 6.07) is 2.44. The van der Waals surface area contributed by atoms with E-state index >= 15 is 0 Å². The van der Waals surface area contributed by atoms with E-state index in [0.717, 1.165) is 12.1 Å². The molecule has 0 radical (unpaired) electrons. The Hall–Kier alpha value is -1.14. The van der Waals surface area contributed by atoms with E-state index in [0.29, 0.717) is 0 Å². The van der Waals surface area contributed by atoms with Crippen molar-refractivity contribution in [3.05, 3.63) is 35.4 Å². The van der Waals surface area contributed by atoms with Crippen LogP contribution in [-0.2, 0) is 0 Å². The summed E-state index contributed by atoms with van der Waals surface area (Å²) in [7, 11) is 0. The summed E-state index contributed by atoms with van der Waals surface area (Å²) in [6.45, 7) is 1.17. The van der Waals surface area contributed by atoms with Crippen LogP contribution in [0.4, 0.5) is 17.6 Å². The summed E-state index contributed by atoms with van der Waals surface area (Å²) in [5, 5.41) is 11.4. The molecule has 0 spiro atoms. The zero-order valence-electron chi connectivity index (χ0n) is 9.13. The Kier molecular flexibility index (Phi) is 4.89. The van der Waals surface area contributed by atoms with Gasteiger partial charge in [-0.1, -0.05) is 6.07 Å². The highest BCUT2D eigenvalue weighted by atomic mass is 19.3. The molecule has 2 N–H and O–H groups in total. The minimum Gasteiger partial charge on any atom is -0.386 e. The monoisotopic (exact) mass is 251 g/mol. The van der Waals surface area contributed by atoms with Crippen LogP contribution >= 0.6 is 0 Å². The predicted octanol–water partition coefficient (Wildman–Crippen LogP) is 2.24. The van der Waals surface area contributed by atoms with Crippen molar-refractivity contribution >= 4 is 0 Å². The molecular formula is C11H13F4NO. The molecule has 0 aliphatic carbocycles. The Labute approximate surface area is 96.3 Å². The fourth-order valence-electron chi connectivity index (χ4n) is 1.35. The first kappa shape index (κ1) is 13.9. The Morgan fingerprint density at radius 2 is 1.94 bits per heavy atom. The highest BCUT2D eigenvalue weighted by molar-refractivity contribution is 5.21. The average Bonchev–Trinajstić information content (AvgIpc) is 2.25. The van der Waals surface area contributed by atoms with Gasteiger partial charge < -0.3 is 10.4 Å². The molecule has 17 heavy (non-hydrogen) atoms. The third-order valence-corrected chi connectivity index (χ3v) is 2.35. The van der Waals surface area contributed by atoms with Crippen LogP contribution in [0.15, 0.2) is 18.2 Å². The molecule has 6 heteroatoms. The quantitative estimate of drug-likeness (QED) is 0.787. The standard InChI is InChI=1S/C11H13F4NO/c1-6(16-5-10(17)11(14)15)8-3-2-7(12)4-9(8)13/h2-4,6,10-11,16-17H,5H2,1H3. The minimum absolute atomic E-state index is 0.160. The van der Waals surface area contributed by atoms with Crippen LogP contribution in [0.1, 0.15) is 18.5 Å². The highest BCUT2D eigenvalue weighted by Gasteiger charge is 2.18. The van der Waals surface area contributed by atoms with Gasteiger partial charge in [0.1, 0.15) is 17.7 Å². The van der Waals surface area contributed by atoms with Crippen molar-refractivity contribution in [2.75, 3.05) is 6.54 Å². The lowest BCUT2D eigenvalue weighted by atomic mass is 10.1.